The molecule has 3 saturated heterocycles. The maximum absolute atomic E-state index is 12.3. The van der Waals surface area contributed by atoms with Crippen LogP contribution in [0.25, 0.3) is 11.2 Å². The molecule has 3 aliphatic heterocycles. The number of urea groups is 1. The second-order valence-corrected chi connectivity index (χ2v) is 7.91. The maximum Gasteiger partial charge on any atom is 0.322 e. The third-order valence-electron chi connectivity index (χ3n) is 5.85. The molecule has 1 unspecified atom stereocenters. The predicted molar refractivity (Wildman–Crippen MR) is 96.5 cm³/mol. The normalized spacial score (nSPS) is 26.4. The molecule has 5 heterocycles. The van der Waals surface area contributed by atoms with Crippen LogP contribution in [0.3, 0.4) is 0 Å². The van der Waals surface area contributed by atoms with Gasteiger partial charge in [0.2, 0.25) is 0 Å². The summed E-state index contributed by atoms with van der Waals surface area (Å²) >= 11 is 0. The Morgan fingerprint density at radius 2 is 2.11 bits per heavy atom. The predicted octanol–water partition coefficient (Wildman–Crippen LogP) is -0.986. The van der Waals surface area contributed by atoms with Gasteiger partial charge in [0.05, 0.1) is 38.1 Å². The number of nitrogens with one attached hydrogen (secondary N) is 2. The van der Waals surface area contributed by atoms with E-state index in [9.17, 15) is 14.7 Å². The molecule has 3 aliphatic rings. The van der Waals surface area contributed by atoms with Crippen molar-refractivity contribution in [1.29, 1.82) is 0 Å². The van der Waals surface area contributed by atoms with Crippen molar-refractivity contribution < 1.29 is 19.4 Å². The first-order chi connectivity index (χ1) is 13.5. The summed E-state index contributed by atoms with van der Waals surface area (Å²) in [6.07, 6.45) is 4.50. The second-order valence-electron chi connectivity index (χ2n) is 7.91. The summed E-state index contributed by atoms with van der Waals surface area (Å²) in [4.78, 5) is 39.3. The number of aromatic nitrogens is 4. The van der Waals surface area contributed by atoms with Crippen LogP contribution in [0.15, 0.2) is 12.7 Å². The molecule has 0 aromatic carbocycles. The van der Waals surface area contributed by atoms with Crippen LogP contribution in [-0.2, 0) is 16.1 Å². The number of piperidine rings is 1. The number of rotatable bonds is 4. The summed E-state index contributed by atoms with van der Waals surface area (Å²) in [7, 11) is 0. The van der Waals surface area contributed by atoms with Crippen LogP contribution in [0.2, 0.25) is 0 Å². The third kappa shape index (κ3) is 2.53. The van der Waals surface area contributed by atoms with E-state index in [1.165, 1.54) is 6.33 Å². The fraction of sp³-hybridized carbons (Fsp3) is 0.588. The monoisotopic (exact) mass is 387 g/mol. The Bertz CT molecular complexity index is 951. The molecular weight excluding hydrogens is 366 g/mol. The molecule has 0 radical (unpaired) electrons. The lowest BCUT2D eigenvalue weighted by Gasteiger charge is -2.40. The number of aliphatic hydroxyl groups is 1. The summed E-state index contributed by atoms with van der Waals surface area (Å²) in [5.41, 5.74) is 0.0707. The molecule has 11 nitrogen and oxygen atoms in total. The number of fused-ring (bicyclic) bond motifs is 1. The Hall–Kier alpha value is -2.79. The topological polar surface area (TPSA) is 134 Å². The Morgan fingerprint density at radius 3 is 2.79 bits per heavy atom. The van der Waals surface area contributed by atoms with Gasteiger partial charge in [0.1, 0.15) is 11.9 Å². The van der Waals surface area contributed by atoms with Gasteiger partial charge >= 0.3 is 6.03 Å². The molecule has 0 saturated carbocycles. The van der Waals surface area contributed by atoms with Crippen molar-refractivity contribution in [3.05, 3.63) is 12.7 Å². The molecule has 3 N–H and O–H groups in total. The van der Waals surface area contributed by atoms with Crippen molar-refractivity contribution in [1.82, 2.24) is 30.2 Å². The smallest absolute Gasteiger partial charge is 0.322 e. The SMILES string of the molecule is O=C1NC(=O)C2(CCCN(c3ncnc4c3ncn4CC3(CO)COC3)C2)N1. The second kappa shape index (κ2) is 6.11. The molecule has 5 rings (SSSR count). The van der Waals surface area contributed by atoms with Crippen LogP contribution < -0.4 is 15.5 Å². The highest BCUT2D eigenvalue weighted by atomic mass is 16.5. The number of aliphatic hydroxyl groups excluding tert-OH is 1. The van der Waals surface area contributed by atoms with Crippen molar-refractivity contribution >= 4 is 28.9 Å². The number of nitrogens with zero attached hydrogens (tertiary/aromatic N) is 5. The molecule has 1 atom stereocenters. The fourth-order valence-corrected chi connectivity index (χ4v) is 4.25. The van der Waals surface area contributed by atoms with E-state index in [2.05, 4.69) is 25.6 Å². The van der Waals surface area contributed by atoms with Gasteiger partial charge in [-0.05, 0) is 12.8 Å². The van der Waals surface area contributed by atoms with Gasteiger partial charge in [-0.3, -0.25) is 10.1 Å². The molecule has 0 bridgehead atoms. The minimum absolute atomic E-state index is 0.0358. The summed E-state index contributed by atoms with van der Waals surface area (Å²) in [6.45, 7) is 2.64. The van der Waals surface area contributed by atoms with Crippen LogP contribution in [0.4, 0.5) is 10.6 Å². The van der Waals surface area contributed by atoms with Gasteiger partial charge in [0, 0.05) is 13.1 Å². The number of hydrogen-bond donors (Lipinski definition) is 3. The van der Waals surface area contributed by atoms with Gasteiger partial charge in [-0.25, -0.2) is 19.7 Å². The standard InChI is InChI=1S/C17H21N7O4/c25-6-16(7-28-8-16)4-24-10-20-11-12(18-9-19-13(11)24)23-3-1-2-17(5-23)14(26)21-15(27)22-17/h9-10,25H,1-8H2,(H2,21,22,26,27). The molecular formula is C17H21N7O4. The van der Waals surface area contributed by atoms with Crippen LogP contribution in [0.1, 0.15) is 12.8 Å². The zero-order valence-corrected chi connectivity index (χ0v) is 15.2. The summed E-state index contributed by atoms with van der Waals surface area (Å²) in [5.74, 6) is 0.340. The van der Waals surface area contributed by atoms with Crippen molar-refractivity contribution in [3.8, 4) is 0 Å². The third-order valence-corrected chi connectivity index (χ3v) is 5.85. The molecule has 3 fully saturated rings. The lowest BCUT2D eigenvalue weighted by atomic mass is 9.87. The number of amides is 3. The highest BCUT2D eigenvalue weighted by molar-refractivity contribution is 6.07. The molecule has 3 amide bonds. The van der Waals surface area contributed by atoms with Crippen molar-refractivity contribution in [2.75, 3.05) is 37.8 Å². The molecule has 28 heavy (non-hydrogen) atoms. The Balaban J connectivity index is 1.46. The number of hydrogen-bond acceptors (Lipinski definition) is 8. The largest absolute Gasteiger partial charge is 0.396 e. The first-order valence-corrected chi connectivity index (χ1v) is 9.27. The summed E-state index contributed by atoms with van der Waals surface area (Å²) in [6, 6.07) is -0.457. The van der Waals surface area contributed by atoms with E-state index in [4.69, 9.17) is 4.74 Å². The first-order valence-electron chi connectivity index (χ1n) is 9.27. The molecule has 2 aromatic heterocycles. The van der Waals surface area contributed by atoms with E-state index in [-0.39, 0.29) is 17.9 Å². The zero-order valence-electron chi connectivity index (χ0n) is 15.2. The number of carbonyl (C=O) groups is 2. The summed E-state index contributed by atoms with van der Waals surface area (Å²) in [5, 5.41) is 14.8. The number of imidazole rings is 1. The average Bonchev–Trinajstić information content (AvgIpc) is 3.18. The molecule has 148 valence electrons. The summed E-state index contributed by atoms with van der Waals surface area (Å²) < 4.78 is 7.18. The van der Waals surface area contributed by atoms with Gasteiger partial charge in [-0.1, -0.05) is 0 Å². The zero-order chi connectivity index (χ0) is 19.4. The van der Waals surface area contributed by atoms with Crippen LogP contribution in [-0.4, -0.2) is 75.0 Å². The lowest BCUT2D eigenvalue weighted by molar-refractivity contribution is -0.144. The maximum atomic E-state index is 12.3. The molecule has 1 spiro atoms. The highest BCUT2D eigenvalue weighted by Gasteiger charge is 2.49. The number of ether oxygens (including phenoxy) is 1. The van der Waals surface area contributed by atoms with Crippen LogP contribution in [0, 0.1) is 5.41 Å². The van der Waals surface area contributed by atoms with Crippen LogP contribution >= 0.6 is 0 Å². The fourth-order valence-electron chi connectivity index (χ4n) is 4.25. The van der Waals surface area contributed by atoms with Crippen molar-refractivity contribution in [3.63, 3.8) is 0 Å². The van der Waals surface area contributed by atoms with E-state index >= 15 is 0 Å². The Labute approximate surface area is 160 Å². The van der Waals surface area contributed by atoms with Gasteiger partial charge in [-0.15, -0.1) is 0 Å². The van der Waals surface area contributed by atoms with E-state index < -0.39 is 11.6 Å². The average molecular weight is 387 g/mol. The van der Waals surface area contributed by atoms with Gasteiger partial charge in [-0.2, -0.15) is 0 Å². The van der Waals surface area contributed by atoms with Gasteiger partial charge < -0.3 is 24.6 Å². The minimum Gasteiger partial charge on any atom is -0.396 e. The number of anilines is 1. The van der Waals surface area contributed by atoms with E-state index in [1.54, 1.807) is 6.33 Å². The van der Waals surface area contributed by atoms with Crippen molar-refractivity contribution in [2.45, 2.75) is 24.9 Å². The van der Waals surface area contributed by atoms with Crippen LogP contribution in [0.5, 0.6) is 0 Å². The van der Waals surface area contributed by atoms with Gasteiger partial charge in [0.25, 0.3) is 5.91 Å². The molecule has 0 aliphatic carbocycles. The highest BCUT2D eigenvalue weighted by Crippen LogP contribution is 2.33. The lowest BCUT2D eigenvalue weighted by Crippen LogP contribution is -2.58. The quantitative estimate of drug-likeness (QED) is 0.570. The minimum atomic E-state index is -0.931. The van der Waals surface area contributed by atoms with E-state index in [0.29, 0.717) is 56.3 Å². The molecule has 11 heteroatoms. The van der Waals surface area contributed by atoms with E-state index in [1.807, 2.05) is 9.47 Å². The van der Waals surface area contributed by atoms with Crippen molar-refractivity contribution in [2.24, 2.45) is 5.41 Å². The van der Waals surface area contributed by atoms with E-state index in [0.717, 1.165) is 6.42 Å². The number of imide groups is 1. The first kappa shape index (κ1) is 17.3. The molecule has 2 aromatic rings. The Morgan fingerprint density at radius 1 is 1.25 bits per heavy atom. The number of carbonyl (C=O) groups excluding carboxylic acids is 2. The van der Waals surface area contributed by atoms with Gasteiger partial charge in [0.15, 0.2) is 17.0 Å². The Kier molecular flexibility index (Phi) is 3.78.